The zero-order chi connectivity index (χ0) is 21.1. The second-order valence-electron chi connectivity index (χ2n) is 6.54. The number of rotatable bonds is 11. The van der Waals surface area contributed by atoms with Crippen molar-refractivity contribution in [1.29, 1.82) is 0 Å². The van der Waals surface area contributed by atoms with Crippen LogP contribution in [0.5, 0.6) is 0 Å². The van der Waals surface area contributed by atoms with E-state index in [1.54, 1.807) is 57.1 Å². The largest absolute Gasteiger partial charge is 0.385 e. The van der Waals surface area contributed by atoms with E-state index in [9.17, 15) is 14.4 Å². The lowest BCUT2D eigenvalue weighted by Gasteiger charge is -2.17. The number of methoxy groups -OCH3 is 1. The Morgan fingerprint density at radius 3 is 2.79 bits per heavy atom. The molecule has 0 aliphatic carbocycles. The summed E-state index contributed by atoms with van der Waals surface area (Å²) in [6.07, 6.45) is 6.09. The lowest BCUT2D eigenvalue weighted by atomic mass is 10.1. The fourth-order valence-corrected chi connectivity index (χ4v) is 2.61. The monoisotopic (exact) mass is 401 g/mol. The lowest BCUT2D eigenvalue weighted by Crippen LogP contribution is -2.38. The van der Waals surface area contributed by atoms with Gasteiger partial charge in [0.25, 0.3) is 5.91 Å². The predicted octanol–water partition coefficient (Wildman–Crippen LogP) is 1.14. The second-order valence-corrected chi connectivity index (χ2v) is 6.54. The van der Waals surface area contributed by atoms with E-state index in [4.69, 9.17) is 4.74 Å². The second kappa shape index (κ2) is 11.6. The standard InChI is InChI=1S/C20H27N5O4/c1-24(14-19(27)22-8-4-12-29-2)20(28)16-5-3-6-17(13-16)23-18(26)7-10-25-11-9-21-15-25/h3,5-6,9,11,13,15H,4,7-8,10,12,14H2,1-2H3,(H,22,27)(H,23,26). The number of anilines is 1. The Morgan fingerprint density at radius 2 is 2.07 bits per heavy atom. The third-order valence-electron chi connectivity index (χ3n) is 4.12. The first kappa shape index (κ1) is 22.1. The fourth-order valence-electron chi connectivity index (χ4n) is 2.61. The summed E-state index contributed by atoms with van der Waals surface area (Å²) in [5, 5.41) is 5.53. The van der Waals surface area contributed by atoms with Crippen molar-refractivity contribution < 1.29 is 19.1 Å². The molecule has 0 spiro atoms. The van der Waals surface area contributed by atoms with Crippen molar-refractivity contribution in [3.8, 4) is 0 Å². The van der Waals surface area contributed by atoms with E-state index in [-0.39, 0.29) is 30.7 Å². The van der Waals surface area contributed by atoms with Gasteiger partial charge in [0.05, 0.1) is 12.9 Å². The predicted molar refractivity (Wildman–Crippen MR) is 108 cm³/mol. The van der Waals surface area contributed by atoms with Crippen molar-refractivity contribution in [2.24, 2.45) is 0 Å². The van der Waals surface area contributed by atoms with Crippen LogP contribution >= 0.6 is 0 Å². The zero-order valence-corrected chi connectivity index (χ0v) is 16.8. The van der Waals surface area contributed by atoms with E-state index >= 15 is 0 Å². The van der Waals surface area contributed by atoms with Gasteiger partial charge < -0.3 is 24.8 Å². The van der Waals surface area contributed by atoms with Crippen LogP contribution < -0.4 is 10.6 Å². The topological polar surface area (TPSA) is 106 Å². The highest BCUT2D eigenvalue weighted by molar-refractivity contribution is 5.98. The van der Waals surface area contributed by atoms with Gasteiger partial charge in [-0.05, 0) is 24.6 Å². The highest BCUT2D eigenvalue weighted by atomic mass is 16.5. The number of ether oxygens (including phenoxy) is 1. The Bertz CT molecular complexity index is 807. The molecule has 0 saturated heterocycles. The third kappa shape index (κ3) is 7.74. The van der Waals surface area contributed by atoms with Crippen molar-refractivity contribution in [3.05, 3.63) is 48.5 Å². The molecule has 0 aliphatic rings. The van der Waals surface area contributed by atoms with Crippen LogP contribution in [0.25, 0.3) is 0 Å². The molecule has 29 heavy (non-hydrogen) atoms. The van der Waals surface area contributed by atoms with Crippen molar-refractivity contribution >= 4 is 23.4 Å². The van der Waals surface area contributed by atoms with Gasteiger partial charge in [0, 0.05) is 63.9 Å². The van der Waals surface area contributed by atoms with E-state index in [1.807, 2.05) is 4.57 Å². The van der Waals surface area contributed by atoms with Crippen molar-refractivity contribution in [2.45, 2.75) is 19.4 Å². The van der Waals surface area contributed by atoms with Gasteiger partial charge in [0.1, 0.15) is 0 Å². The molecule has 3 amide bonds. The summed E-state index contributed by atoms with van der Waals surface area (Å²) in [4.78, 5) is 41.9. The molecule has 2 aromatic rings. The smallest absolute Gasteiger partial charge is 0.254 e. The molecule has 0 bridgehead atoms. The quantitative estimate of drug-likeness (QED) is 0.549. The number of carbonyl (C=O) groups is 3. The molecule has 2 N–H and O–H groups in total. The van der Waals surface area contributed by atoms with E-state index in [1.165, 1.54) is 4.90 Å². The Morgan fingerprint density at radius 1 is 1.24 bits per heavy atom. The molecule has 2 rings (SSSR count). The fraction of sp³-hybridized carbons (Fsp3) is 0.400. The molecular weight excluding hydrogens is 374 g/mol. The minimum atomic E-state index is -0.299. The van der Waals surface area contributed by atoms with Crippen LogP contribution in [0, 0.1) is 0 Å². The summed E-state index contributed by atoms with van der Waals surface area (Å²) < 4.78 is 6.74. The van der Waals surface area contributed by atoms with Crippen molar-refractivity contribution in [1.82, 2.24) is 19.8 Å². The van der Waals surface area contributed by atoms with Crippen molar-refractivity contribution in [2.75, 3.05) is 39.2 Å². The van der Waals surface area contributed by atoms with Gasteiger partial charge in [-0.2, -0.15) is 0 Å². The molecule has 0 saturated carbocycles. The Labute approximate surface area is 170 Å². The van der Waals surface area contributed by atoms with E-state index in [0.717, 1.165) is 0 Å². The van der Waals surface area contributed by atoms with E-state index in [0.29, 0.717) is 37.4 Å². The molecular formula is C20H27N5O4. The Hall–Kier alpha value is -3.20. The van der Waals surface area contributed by atoms with Gasteiger partial charge in [-0.1, -0.05) is 6.07 Å². The molecule has 9 heteroatoms. The highest BCUT2D eigenvalue weighted by Crippen LogP contribution is 2.13. The summed E-state index contributed by atoms with van der Waals surface area (Å²) >= 11 is 0. The average Bonchev–Trinajstić information content (AvgIpc) is 3.23. The molecule has 9 nitrogen and oxygen atoms in total. The molecule has 0 radical (unpaired) electrons. The average molecular weight is 401 g/mol. The number of likely N-dealkylation sites (N-methyl/N-ethyl adjacent to an activating group) is 1. The zero-order valence-electron chi connectivity index (χ0n) is 16.8. The van der Waals surface area contributed by atoms with Crippen LogP contribution in [-0.4, -0.2) is 66.0 Å². The van der Waals surface area contributed by atoms with Gasteiger partial charge in [-0.25, -0.2) is 4.98 Å². The molecule has 1 aromatic heterocycles. The van der Waals surface area contributed by atoms with Crippen LogP contribution in [0.2, 0.25) is 0 Å². The van der Waals surface area contributed by atoms with E-state index < -0.39 is 0 Å². The number of imidazole rings is 1. The summed E-state index contributed by atoms with van der Waals surface area (Å²) in [6.45, 7) is 1.53. The first-order valence-electron chi connectivity index (χ1n) is 9.36. The SMILES string of the molecule is COCCCNC(=O)CN(C)C(=O)c1cccc(NC(=O)CCn2ccnc2)c1. The maximum Gasteiger partial charge on any atom is 0.254 e. The maximum atomic E-state index is 12.6. The summed E-state index contributed by atoms with van der Waals surface area (Å²) in [6, 6.07) is 6.66. The molecule has 0 unspecified atom stereocenters. The summed E-state index contributed by atoms with van der Waals surface area (Å²) in [5.41, 5.74) is 0.927. The van der Waals surface area contributed by atoms with Gasteiger partial charge in [0.15, 0.2) is 0 Å². The number of amides is 3. The lowest BCUT2D eigenvalue weighted by molar-refractivity contribution is -0.121. The number of benzene rings is 1. The van der Waals surface area contributed by atoms with Gasteiger partial charge in [0.2, 0.25) is 11.8 Å². The minimum absolute atomic E-state index is 0.0483. The Kier molecular flexibility index (Phi) is 8.84. The van der Waals surface area contributed by atoms with Crippen LogP contribution in [0.15, 0.2) is 43.0 Å². The number of nitrogens with zero attached hydrogens (tertiary/aromatic N) is 3. The Balaban J connectivity index is 1.84. The molecule has 1 aromatic carbocycles. The summed E-state index contributed by atoms with van der Waals surface area (Å²) in [7, 11) is 3.16. The van der Waals surface area contributed by atoms with E-state index in [2.05, 4.69) is 15.6 Å². The van der Waals surface area contributed by atoms with Gasteiger partial charge in [-0.15, -0.1) is 0 Å². The first-order valence-corrected chi connectivity index (χ1v) is 9.36. The normalized spacial score (nSPS) is 10.4. The maximum absolute atomic E-state index is 12.6. The minimum Gasteiger partial charge on any atom is -0.385 e. The highest BCUT2D eigenvalue weighted by Gasteiger charge is 2.15. The van der Waals surface area contributed by atoms with Gasteiger partial charge in [-0.3, -0.25) is 14.4 Å². The van der Waals surface area contributed by atoms with Crippen molar-refractivity contribution in [3.63, 3.8) is 0 Å². The molecule has 156 valence electrons. The molecule has 0 atom stereocenters. The number of carbonyl (C=O) groups excluding carboxylic acids is 3. The number of aromatic nitrogens is 2. The number of hydrogen-bond acceptors (Lipinski definition) is 5. The molecule has 1 heterocycles. The molecule has 0 fully saturated rings. The van der Waals surface area contributed by atoms with Gasteiger partial charge >= 0.3 is 0 Å². The number of nitrogens with one attached hydrogen (secondary N) is 2. The summed E-state index contributed by atoms with van der Waals surface area (Å²) in [5.74, 6) is -0.695. The number of aryl methyl sites for hydroxylation is 1. The van der Waals surface area contributed by atoms with Crippen LogP contribution in [0.1, 0.15) is 23.2 Å². The van der Waals surface area contributed by atoms with Crippen LogP contribution in [0.3, 0.4) is 0 Å². The van der Waals surface area contributed by atoms with Crippen LogP contribution in [-0.2, 0) is 20.9 Å². The van der Waals surface area contributed by atoms with Crippen LogP contribution in [0.4, 0.5) is 5.69 Å². The first-order chi connectivity index (χ1) is 14.0. The molecule has 0 aliphatic heterocycles. The number of hydrogen-bond donors (Lipinski definition) is 2. The third-order valence-corrected chi connectivity index (χ3v) is 4.12.